The van der Waals surface area contributed by atoms with Crippen molar-refractivity contribution < 1.29 is 19.1 Å². The highest BCUT2D eigenvalue weighted by atomic mass is 79.9. The van der Waals surface area contributed by atoms with Crippen LogP contribution in [0.25, 0.3) is 0 Å². The summed E-state index contributed by atoms with van der Waals surface area (Å²) in [5, 5.41) is 12.4. The third-order valence-corrected chi connectivity index (χ3v) is 8.01. The zero-order valence-electron chi connectivity index (χ0n) is 18.2. The highest BCUT2D eigenvalue weighted by Gasteiger charge is 2.27. The summed E-state index contributed by atoms with van der Waals surface area (Å²) in [7, 11) is 3.20. The molecular formula is C22H23BrN4O4S2. The molecule has 0 radical (unpaired) electrons. The van der Waals surface area contributed by atoms with Crippen LogP contribution in [0.4, 0.5) is 5.00 Å². The van der Waals surface area contributed by atoms with Gasteiger partial charge in [0.25, 0.3) is 0 Å². The van der Waals surface area contributed by atoms with Crippen LogP contribution in [0, 0.1) is 0 Å². The number of nitrogens with one attached hydrogen (secondary N) is 1. The van der Waals surface area contributed by atoms with Crippen molar-refractivity contribution in [2.75, 3.05) is 18.2 Å². The number of thiophene rings is 1. The molecule has 33 heavy (non-hydrogen) atoms. The number of nitrogens with zero attached hydrogens (tertiary/aromatic N) is 3. The van der Waals surface area contributed by atoms with E-state index in [9.17, 15) is 9.59 Å². The maximum Gasteiger partial charge on any atom is 0.341 e. The highest BCUT2D eigenvalue weighted by molar-refractivity contribution is 9.10. The van der Waals surface area contributed by atoms with E-state index in [0.717, 1.165) is 46.3 Å². The number of rotatable bonds is 8. The second kappa shape index (κ2) is 10.7. The monoisotopic (exact) mass is 550 g/mol. The number of benzene rings is 1. The molecule has 1 aromatic carbocycles. The van der Waals surface area contributed by atoms with Crippen LogP contribution < -0.4 is 10.1 Å². The topological polar surface area (TPSA) is 95.3 Å². The van der Waals surface area contributed by atoms with E-state index in [4.69, 9.17) is 9.47 Å². The molecule has 1 aliphatic carbocycles. The summed E-state index contributed by atoms with van der Waals surface area (Å²) in [5.41, 5.74) is 1.52. The molecule has 1 aliphatic rings. The smallest absolute Gasteiger partial charge is 0.341 e. The number of hydrogen-bond donors (Lipinski definition) is 1. The van der Waals surface area contributed by atoms with Crippen molar-refractivity contribution >= 4 is 55.9 Å². The Morgan fingerprint density at radius 2 is 1.97 bits per heavy atom. The number of carbonyl (C=O) groups is 2. The van der Waals surface area contributed by atoms with E-state index in [1.165, 1.54) is 30.2 Å². The first-order valence-corrected chi connectivity index (χ1v) is 13.0. The summed E-state index contributed by atoms with van der Waals surface area (Å²) in [6, 6.07) is 7.54. The lowest BCUT2D eigenvalue weighted by molar-refractivity contribution is -0.113. The number of halogens is 1. The molecule has 3 aromatic rings. The molecule has 4 rings (SSSR count). The van der Waals surface area contributed by atoms with Crippen molar-refractivity contribution in [3.63, 3.8) is 0 Å². The average Bonchev–Trinajstić information content (AvgIpc) is 3.36. The fourth-order valence-corrected chi connectivity index (χ4v) is 5.83. The van der Waals surface area contributed by atoms with E-state index in [0.29, 0.717) is 21.5 Å². The van der Waals surface area contributed by atoms with Crippen molar-refractivity contribution in [2.24, 2.45) is 7.05 Å². The second-order valence-corrected chi connectivity index (χ2v) is 10.4. The Morgan fingerprint density at radius 3 is 2.73 bits per heavy atom. The summed E-state index contributed by atoms with van der Waals surface area (Å²) in [4.78, 5) is 26.2. The fraction of sp³-hybridized carbons (Fsp3) is 0.364. The van der Waals surface area contributed by atoms with Gasteiger partial charge >= 0.3 is 5.97 Å². The molecule has 11 heteroatoms. The van der Waals surface area contributed by atoms with Gasteiger partial charge in [0.2, 0.25) is 5.91 Å². The zero-order chi connectivity index (χ0) is 23.4. The number of aryl methyl sites for hydroxylation is 1. The molecule has 0 spiro atoms. The number of anilines is 1. The molecule has 1 amide bonds. The van der Waals surface area contributed by atoms with Crippen LogP contribution in [0.1, 0.15) is 39.5 Å². The third kappa shape index (κ3) is 5.59. The fourth-order valence-electron chi connectivity index (χ4n) is 3.54. The van der Waals surface area contributed by atoms with E-state index < -0.39 is 5.97 Å². The number of carbonyl (C=O) groups excluding carboxylic acids is 2. The Kier molecular flexibility index (Phi) is 7.71. The predicted octanol–water partition coefficient (Wildman–Crippen LogP) is 4.61. The molecule has 8 nitrogen and oxygen atoms in total. The van der Waals surface area contributed by atoms with Gasteiger partial charge in [0, 0.05) is 16.4 Å². The molecule has 0 atom stereocenters. The van der Waals surface area contributed by atoms with Gasteiger partial charge in [-0.2, -0.15) is 0 Å². The minimum absolute atomic E-state index is 0.142. The molecule has 2 heterocycles. The van der Waals surface area contributed by atoms with E-state index in [1.54, 1.807) is 4.57 Å². The third-order valence-electron chi connectivity index (χ3n) is 5.25. The Hall–Kier alpha value is -2.37. The van der Waals surface area contributed by atoms with Crippen LogP contribution >= 0.6 is 39.0 Å². The summed E-state index contributed by atoms with van der Waals surface area (Å²) in [6.07, 6.45) is 3.90. The Balaban J connectivity index is 1.36. The quantitative estimate of drug-likeness (QED) is 0.323. The number of thioether (sulfide) groups is 1. The van der Waals surface area contributed by atoms with E-state index in [-0.39, 0.29) is 18.3 Å². The van der Waals surface area contributed by atoms with E-state index in [1.807, 2.05) is 31.3 Å². The molecule has 0 aliphatic heterocycles. The van der Waals surface area contributed by atoms with Gasteiger partial charge in [0.1, 0.15) is 17.4 Å². The molecule has 174 valence electrons. The standard InChI is InChI=1S/C22H23BrN4O4S2/c1-27-17(11-31-14-9-7-13(23)8-10-14)25-26-22(27)32-12-18(28)24-20-19(21(29)30-2)15-5-3-4-6-16(15)33-20/h7-10H,3-6,11-12H2,1-2H3,(H,24,28). The molecule has 2 aromatic heterocycles. The number of methoxy groups -OCH3 is 1. The van der Waals surface area contributed by atoms with Gasteiger partial charge in [-0.1, -0.05) is 27.7 Å². The minimum atomic E-state index is -0.402. The van der Waals surface area contributed by atoms with Crippen LogP contribution in [0.5, 0.6) is 5.75 Å². The summed E-state index contributed by atoms with van der Waals surface area (Å²) >= 11 is 6.15. The number of fused-ring (bicyclic) bond motifs is 1. The normalized spacial score (nSPS) is 12.8. The number of ether oxygens (including phenoxy) is 2. The first-order valence-electron chi connectivity index (χ1n) is 10.4. The molecule has 0 fully saturated rings. The van der Waals surface area contributed by atoms with Crippen LogP contribution in [0.3, 0.4) is 0 Å². The first kappa shape index (κ1) is 23.8. The molecule has 0 unspecified atom stereocenters. The Bertz CT molecular complexity index is 1160. The van der Waals surface area contributed by atoms with Crippen LogP contribution in [0.15, 0.2) is 33.9 Å². The molecule has 0 saturated heterocycles. The van der Waals surface area contributed by atoms with Gasteiger partial charge in [0.05, 0.1) is 18.4 Å². The predicted molar refractivity (Wildman–Crippen MR) is 131 cm³/mol. The lowest BCUT2D eigenvalue weighted by Gasteiger charge is -2.11. The van der Waals surface area contributed by atoms with Crippen LogP contribution in [-0.2, 0) is 36.0 Å². The Morgan fingerprint density at radius 1 is 1.21 bits per heavy atom. The average molecular weight is 551 g/mol. The highest BCUT2D eigenvalue weighted by Crippen LogP contribution is 2.38. The molecule has 0 bridgehead atoms. The maximum absolute atomic E-state index is 12.7. The van der Waals surface area contributed by atoms with Crippen molar-refractivity contribution in [1.82, 2.24) is 14.8 Å². The van der Waals surface area contributed by atoms with Gasteiger partial charge in [0.15, 0.2) is 11.0 Å². The van der Waals surface area contributed by atoms with Crippen molar-refractivity contribution in [1.29, 1.82) is 0 Å². The SMILES string of the molecule is COC(=O)c1c(NC(=O)CSc2nnc(COc3ccc(Br)cc3)n2C)sc2c1CCCC2. The Labute approximate surface area is 208 Å². The zero-order valence-corrected chi connectivity index (χ0v) is 21.4. The van der Waals surface area contributed by atoms with Gasteiger partial charge in [-0.15, -0.1) is 21.5 Å². The molecule has 0 saturated carbocycles. The molecular weight excluding hydrogens is 528 g/mol. The van der Waals surface area contributed by atoms with Gasteiger partial charge in [-0.05, 0) is 55.5 Å². The number of hydrogen-bond acceptors (Lipinski definition) is 8. The van der Waals surface area contributed by atoms with Gasteiger partial charge in [-0.25, -0.2) is 4.79 Å². The molecule has 1 N–H and O–H groups in total. The first-order chi connectivity index (χ1) is 16.0. The van der Waals surface area contributed by atoms with Crippen LogP contribution in [-0.4, -0.2) is 39.5 Å². The van der Waals surface area contributed by atoms with Crippen molar-refractivity contribution in [3.8, 4) is 5.75 Å². The second-order valence-electron chi connectivity index (χ2n) is 7.44. The van der Waals surface area contributed by atoms with Gasteiger partial charge < -0.3 is 19.4 Å². The van der Waals surface area contributed by atoms with Crippen molar-refractivity contribution in [3.05, 3.63) is 50.6 Å². The van der Waals surface area contributed by atoms with E-state index >= 15 is 0 Å². The summed E-state index contributed by atoms with van der Waals surface area (Å²) < 4.78 is 13.5. The lowest BCUT2D eigenvalue weighted by Crippen LogP contribution is -2.17. The summed E-state index contributed by atoms with van der Waals surface area (Å²) in [5.74, 6) is 0.915. The van der Waals surface area contributed by atoms with Crippen molar-refractivity contribution in [2.45, 2.75) is 37.4 Å². The number of aromatic nitrogens is 3. The van der Waals surface area contributed by atoms with Crippen LogP contribution in [0.2, 0.25) is 0 Å². The number of esters is 1. The largest absolute Gasteiger partial charge is 0.486 e. The minimum Gasteiger partial charge on any atom is -0.486 e. The van der Waals surface area contributed by atoms with E-state index in [2.05, 4.69) is 31.4 Å². The number of amides is 1. The maximum atomic E-state index is 12.7. The summed E-state index contributed by atoms with van der Waals surface area (Å²) in [6.45, 7) is 0.265. The van der Waals surface area contributed by atoms with Gasteiger partial charge in [-0.3, -0.25) is 4.79 Å². The lowest BCUT2D eigenvalue weighted by atomic mass is 9.95.